The van der Waals surface area contributed by atoms with E-state index in [9.17, 15) is 14.7 Å². The first-order valence-electron chi connectivity index (χ1n) is 6.65. The summed E-state index contributed by atoms with van der Waals surface area (Å²) in [5.41, 5.74) is 0.769. The zero-order valence-corrected chi connectivity index (χ0v) is 12.3. The van der Waals surface area contributed by atoms with Crippen molar-refractivity contribution in [1.29, 1.82) is 0 Å². The zero-order valence-electron chi connectivity index (χ0n) is 12.3. The number of rotatable bonds is 4. The molecule has 1 heterocycles. The van der Waals surface area contributed by atoms with Gasteiger partial charge in [0.25, 0.3) is 0 Å². The number of hydrogen-bond acceptors (Lipinski definition) is 5. The molecule has 7 heteroatoms. The second-order valence-corrected chi connectivity index (χ2v) is 4.73. The van der Waals surface area contributed by atoms with Crippen LogP contribution in [0.15, 0.2) is 42.6 Å². The topological polar surface area (TPSA) is 84.7 Å². The van der Waals surface area contributed by atoms with Crippen LogP contribution >= 0.6 is 0 Å². The number of aliphatic hydroxyl groups is 1. The number of aromatic nitrogens is 2. The maximum atomic E-state index is 12.2. The summed E-state index contributed by atoms with van der Waals surface area (Å²) in [6.45, 7) is 0.107. The molecule has 1 amide bonds. The molecule has 1 aromatic carbocycles. The number of benzene rings is 1. The van der Waals surface area contributed by atoms with Crippen LogP contribution in [0.5, 0.6) is 0 Å². The molecule has 0 aliphatic carbocycles. The van der Waals surface area contributed by atoms with Gasteiger partial charge in [0.1, 0.15) is 0 Å². The molecule has 22 heavy (non-hydrogen) atoms. The second-order valence-electron chi connectivity index (χ2n) is 4.73. The first-order chi connectivity index (χ1) is 10.5. The number of carbonyl (C=O) groups excluding carboxylic acids is 2. The van der Waals surface area contributed by atoms with Gasteiger partial charge in [-0.05, 0) is 11.6 Å². The summed E-state index contributed by atoms with van der Waals surface area (Å²) in [4.78, 5) is 24.8. The van der Waals surface area contributed by atoms with Gasteiger partial charge >= 0.3 is 12.0 Å². The van der Waals surface area contributed by atoms with Crippen molar-refractivity contribution in [3.8, 4) is 0 Å². The standard InChI is InChI=1S/C15H17N3O4/c1-17(10-13(19)11-6-4-3-5-7-11)15(21)18-9-8-12(16-18)14(20)22-2/h3-9,13,19H,10H2,1-2H3/t13-/m0/s1. The number of likely N-dealkylation sites (N-methyl/N-ethyl adjacent to an activating group) is 1. The highest BCUT2D eigenvalue weighted by Gasteiger charge is 2.19. The predicted molar refractivity (Wildman–Crippen MR) is 78.4 cm³/mol. The summed E-state index contributed by atoms with van der Waals surface area (Å²) < 4.78 is 5.56. The summed E-state index contributed by atoms with van der Waals surface area (Å²) in [7, 11) is 2.79. The molecule has 0 aliphatic rings. The van der Waals surface area contributed by atoms with Crippen LogP contribution in [-0.4, -0.2) is 52.5 Å². The molecule has 0 unspecified atom stereocenters. The lowest BCUT2D eigenvalue weighted by atomic mass is 10.1. The number of carbonyl (C=O) groups is 2. The molecular weight excluding hydrogens is 286 g/mol. The molecule has 0 saturated heterocycles. The number of esters is 1. The van der Waals surface area contributed by atoms with Crippen molar-refractivity contribution in [2.45, 2.75) is 6.10 Å². The Hall–Kier alpha value is -2.67. The van der Waals surface area contributed by atoms with E-state index in [4.69, 9.17) is 0 Å². The zero-order chi connectivity index (χ0) is 16.1. The SMILES string of the molecule is COC(=O)c1ccn(C(=O)N(C)C[C@H](O)c2ccccc2)n1. The van der Waals surface area contributed by atoms with Crippen molar-refractivity contribution in [2.24, 2.45) is 0 Å². The average molecular weight is 303 g/mol. The summed E-state index contributed by atoms with van der Waals surface area (Å²) in [5, 5.41) is 14.0. The Bertz CT molecular complexity index is 654. The highest BCUT2D eigenvalue weighted by molar-refractivity contribution is 5.87. The molecule has 0 saturated carbocycles. The molecule has 116 valence electrons. The molecule has 2 aromatic rings. The Morgan fingerprint density at radius 3 is 2.64 bits per heavy atom. The Labute approximate surface area is 127 Å². The highest BCUT2D eigenvalue weighted by Crippen LogP contribution is 2.13. The smallest absolute Gasteiger partial charge is 0.358 e. The molecule has 0 aliphatic heterocycles. The largest absolute Gasteiger partial charge is 0.464 e. The third kappa shape index (κ3) is 3.50. The van der Waals surface area contributed by atoms with E-state index in [-0.39, 0.29) is 12.2 Å². The van der Waals surface area contributed by atoms with Crippen molar-refractivity contribution >= 4 is 12.0 Å². The average Bonchev–Trinajstić information content (AvgIpc) is 3.04. The van der Waals surface area contributed by atoms with Gasteiger partial charge in [-0.1, -0.05) is 30.3 Å². The third-order valence-corrected chi connectivity index (χ3v) is 3.14. The van der Waals surface area contributed by atoms with Gasteiger partial charge in [-0.25, -0.2) is 9.59 Å². The number of nitrogens with zero attached hydrogens (tertiary/aromatic N) is 3. The van der Waals surface area contributed by atoms with Crippen molar-refractivity contribution < 1.29 is 19.4 Å². The molecular formula is C15H17N3O4. The van der Waals surface area contributed by atoms with E-state index in [0.717, 1.165) is 10.2 Å². The van der Waals surface area contributed by atoms with Gasteiger partial charge in [0.05, 0.1) is 19.8 Å². The normalized spacial score (nSPS) is 11.8. The van der Waals surface area contributed by atoms with Crippen molar-refractivity contribution in [2.75, 3.05) is 20.7 Å². The van der Waals surface area contributed by atoms with Crippen LogP contribution in [0.3, 0.4) is 0 Å². The van der Waals surface area contributed by atoms with E-state index in [1.165, 1.54) is 24.3 Å². The molecule has 1 N–H and O–H groups in total. The lowest BCUT2D eigenvalue weighted by molar-refractivity contribution is 0.0593. The van der Waals surface area contributed by atoms with Crippen LogP contribution in [0.4, 0.5) is 4.79 Å². The van der Waals surface area contributed by atoms with Crippen molar-refractivity contribution in [3.05, 3.63) is 53.9 Å². The van der Waals surface area contributed by atoms with Gasteiger partial charge in [0.15, 0.2) is 5.69 Å². The van der Waals surface area contributed by atoms with Gasteiger partial charge in [-0.2, -0.15) is 9.78 Å². The lowest BCUT2D eigenvalue weighted by Gasteiger charge is -2.20. The van der Waals surface area contributed by atoms with E-state index < -0.39 is 18.1 Å². The number of ether oxygens (including phenoxy) is 1. The monoisotopic (exact) mass is 303 g/mol. The number of hydrogen-bond donors (Lipinski definition) is 1. The van der Waals surface area contributed by atoms with E-state index >= 15 is 0 Å². The van der Waals surface area contributed by atoms with Crippen molar-refractivity contribution in [1.82, 2.24) is 14.7 Å². The number of methoxy groups -OCH3 is 1. The minimum Gasteiger partial charge on any atom is -0.464 e. The van der Waals surface area contributed by atoms with Gasteiger partial charge in [0, 0.05) is 13.2 Å². The number of aliphatic hydroxyl groups excluding tert-OH is 1. The summed E-state index contributed by atoms with van der Waals surface area (Å²) in [6.07, 6.45) is 0.575. The summed E-state index contributed by atoms with van der Waals surface area (Å²) in [5.74, 6) is -0.612. The Kier molecular flexibility index (Phi) is 4.90. The van der Waals surface area contributed by atoms with Crippen LogP contribution in [0.1, 0.15) is 22.2 Å². The highest BCUT2D eigenvalue weighted by atomic mass is 16.5. The number of amides is 1. The first kappa shape index (κ1) is 15.7. The fraction of sp³-hybridized carbons (Fsp3) is 0.267. The molecule has 0 radical (unpaired) electrons. The molecule has 7 nitrogen and oxygen atoms in total. The van der Waals surface area contributed by atoms with E-state index in [0.29, 0.717) is 0 Å². The maximum Gasteiger partial charge on any atom is 0.358 e. The van der Waals surface area contributed by atoms with E-state index in [1.807, 2.05) is 18.2 Å². The third-order valence-electron chi connectivity index (χ3n) is 3.14. The van der Waals surface area contributed by atoms with Crippen LogP contribution in [-0.2, 0) is 4.74 Å². The molecule has 0 spiro atoms. The summed E-state index contributed by atoms with van der Waals surface area (Å²) in [6, 6.07) is 9.99. The van der Waals surface area contributed by atoms with Crippen LogP contribution in [0.2, 0.25) is 0 Å². The fourth-order valence-electron chi connectivity index (χ4n) is 1.94. The Morgan fingerprint density at radius 1 is 1.32 bits per heavy atom. The van der Waals surface area contributed by atoms with E-state index in [1.54, 1.807) is 19.2 Å². The van der Waals surface area contributed by atoms with Crippen LogP contribution in [0.25, 0.3) is 0 Å². The molecule has 0 fully saturated rings. The van der Waals surface area contributed by atoms with Gasteiger partial charge in [-0.15, -0.1) is 0 Å². The Balaban J connectivity index is 2.03. The van der Waals surface area contributed by atoms with E-state index in [2.05, 4.69) is 9.84 Å². The quantitative estimate of drug-likeness (QED) is 0.861. The molecule has 1 atom stereocenters. The molecule has 0 bridgehead atoms. The predicted octanol–water partition coefficient (Wildman–Crippen LogP) is 1.30. The lowest BCUT2D eigenvalue weighted by Crippen LogP contribution is -2.34. The van der Waals surface area contributed by atoms with Gasteiger partial charge in [0.2, 0.25) is 0 Å². The van der Waals surface area contributed by atoms with Gasteiger partial charge < -0.3 is 14.7 Å². The van der Waals surface area contributed by atoms with Crippen LogP contribution < -0.4 is 0 Å². The van der Waals surface area contributed by atoms with Crippen molar-refractivity contribution in [3.63, 3.8) is 0 Å². The van der Waals surface area contributed by atoms with Crippen LogP contribution in [0, 0.1) is 0 Å². The minimum atomic E-state index is -0.800. The second kappa shape index (κ2) is 6.86. The molecule has 2 rings (SSSR count). The Morgan fingerprint density at radius 2 is 2.00 bits per heavy atom. The minimum absolute atomic E-state index is 0.0489. The van der Waals surface area contributed by atoms with Gasteiger partial charge in [-0.3, -0.25) is 0 Å². The molecule has 1 aromatic heterocycles. The maximum absolute atomic E-state index is 12.2. The fourth-order valence-corrected chi connectivity index (χ4v) is 1.94. The summed E-state index contributed by atoms with van der Waals surface area (Å²) >= 11 is 0. The first-order valence-corrected chi connectivity index (χ1v) is 6.65.